The first-order chi connectivity index (χ1) is 6.77. The number of thiol groups is 1. The Kier molecular flexibility index (Phi) is 1.47. The summed E-state index contributed by atoms with van der Waals surface area (Å²) in [6, 6.07) is 8.62. The molecule has 3 rings (SSSR count). The predicted octanol–water partition coefficient (Wildman–Crippen LogP) is 3.30. The van der Waals surface area contributed by atoms with Gasteiger partial charge in [-0.25, -0.2) is 9.38 Å². The zero-order chi connectivity index (χ0) is 9.71. The lowest BCUT2D eigenvalue weighted by atomic mass is 10.1. The largest absolute Gasteiger partial charge is 0.241 e. The van der Waals surface area contributed by atoms with Crippen LogP contribution in [-0.2, 0) is 0 Å². The third kappa shape index (κ3) is 0.876. The summed E-state index contributed by atoms with van der Waals surface area (Å²) >= 11 is 4.25. The van der Waals surface area contributed by atoms with Crippen molar-refractivity contribution >= 4 is 34.1 Å². The monoisotopic (exact) mass is 203 g/mol. The summed E-state index contributed by atoms with van der Waals surface area (Å²) in [6.07, 6.45) is 0. The highest BCUT2D eigenvalue weighted by Crippen LogP contribution is 2.37. The molecule has 0 N–H and O–H groups in total. The van der Waals surface area contributed by atoms with Gasteiger partial charge in [0.05, 0.1) is 5.69 Å². The van der Waals surface area contributed by atoms with Gasteiger partial charge in [-0.15, -0.1) is 12.6 Å². The van der Waals surface area contributed by atoms with E-state index in [2.05, 4.69) is 17.6 Å². The summed E-state index contributed by atoms with van der Waals surface area (Å²) < 4.78 is 13.4. The van der Waals surface area contributed by atoms with E-state index in [-0.39, 0.29) is 5.82 Å². The van der Waals surface area contributed by atoms with Gasteiger partial charge in [-0.1, -0.05) is 18.2 Å². The van der Waals surface area contributed by atoms with Gasteiger partial charge in [0.25, 0.3) is 0 Å². The molecule has 0 radical (unpaired) electrons. The molecule has 0 aromatic heterocycles. The molecule has 0 saturated heterocycles. The van der Waals surface area contributed by atoms with Crippen LogP contribution < -0.4 is 0 Å². The smallest absolute Gasteiger partial charge is 0.131 e. The van der Waals surface area contributed by atoms with Gasteiger partial charge in [-0.2, -0.15) is 0 Å². The van der Waals surface area contributed by atoms with E-state index in [1.54, 1.807) is 12.1 Å². The van der Waals surface area contributed by atoms with E-state index in [0.717, 1.165) is 16.6 Å². The van der Waals surface area contributed by atoms with Crippen molar-refractivity contribution in [3.05, 3.63) is 41.7 Å². The summed E-state index contributed by atoms with van der Waals surface area (Å²) in [5, 5.41) is 2.15. The molecule has 3 heteroatoms. The average molecular weight is 203 g/mol. The molecule has 14 heavy (non-hydrogen) atoms. The van der Waals surface area contributed by atoms with Crippen LogP contribution in [0.3, 0.4) is 0 Å². The van der Waals surface area contributed by atoms with E-state index in [9.17, 15) is 4.39 Å². The number of aliphatic imine (C=N–C) groups is 1. The second-order valence-corrected chi connectivity index (χ2v) is 3.65. The van der Waals surface area contributed by atoms with E-state index in [1.807, 2.05) is 12.1 Å². The van der Waals surface area contributed by atoms with E-state index in [4.69, 9.17) is 0 Å². The van der Waals surface area contributed by atoms with E-state index in [0.29, 0.717) is 10.4 Å². The van der Waals surface area contributed by atoms with Crippen molar-refractivity contribution in [2.45, 2.75) is 0 Å². The minimum absolute atomic E-state index is 0.205. The third-order valence-electron chi connectivity index (χ3n) is 2.43. The second kappa shape index (κ2) is 2.58. The molecule has 0 atom stereocenters. The summed E-state index contributed by atoms with van der Waals surface area (Å²) in [4.78, 5) is 4.25. The number of hydrogen-bond donors (Lipinski definition) is 1. The van der Waals surface area contributed by atoms with Crippen LogP contribution in [0.25, 0.3) is 10.8 Å². The Balaban J connectivity index is 2.59. The van der Waals surface area contributed by atoms with Crippen LogP contribution >= 0.6 is 12.6 Å². The zero-order valence-corrected chi connectivity index (χ0v) is 8.05. The van der Waals surface area contributed by atoms with Gasteiger partial charge in [0.2, 0.25) is 0 Å². The number of hydrogen-bond acceptors (Lipinski definition) is 1. The van der Waals surface area contributed by atoms with Crippen LogP contribution in [0.2, 0.25) is 0 Å². The molecule has 0 amide bonds. The van der Waals surface area contributed by atoms with Gasteiger partial charge in [0.1, 0.15) is 10.9 Å². The van der Waals surface area contributed by atoms with Crippen LogP contribution in [-0.4, -0.2) is 5.04 Å². The number of rotatable bonds is 0. The van der Waals surface area contributed by atoms with E-state index >= 15 is 0 Å². The second-order valence-electron chi connectivity index (χ2n) is 3.23. The maximum absolute atomic E-state index is 13.4. The molecule has 0 fully saturated rings. The van der Waals surface area contributed by atoms with Crippen molar-refractivity contribution in [2.24, 2.45) is 4.99 Å². The van der Waals surface area contributed by atoms with Crippen molar-refractivity contribution in [1.29, 1.82) is 0 Å². The van der Waals surface area contributed by atoms with Crippen molar-refractivity contribution in [3.8, 4) is 0 Å². The van der Waals surface area contributed by atoms with E-state index in [1.165, 1.54) is 6.07 Å². The lowest BCUT2D eigenvalue weighted by Crippen LogP contribution is -1.86. The van der Waals surface area contributed by atoms with Crippen molar-refractivity contribution < 1.29 is 4.39 Å². The quantitative estimate of drug-likeness (QED) is 0.631. The molecule has 0 saturated carbocycles. The number of benzene rings is 2. The SMILES string of the molecule is Fc1ccc2c3c(cccc13)C(S)=N2. The highest BCUT2D eigenvalue weighted by atomic mass is 32.1. The maximum Gasteiger partial charge on any atom is 0.131 e. The van der Waals surface area contributed by atoms with Gasteiger partial charge in [0.15, 0.2) is 0 Å². The molecular formula is C11H6FNS. The highest BCUT2D eigenvalue weighted by Gasteiger charge is 2.16. The molecule has 0 unspecified atom stereocenters. The van der Waals surface area contributed by atoms with Crippen molar-refractivity contribution in [1.82, 2.24) is 0 Å². The van der Waals surface area contributed by atoms with Crippen LogP contribution in [0.15, 0.2) is 35.3 Å². The molecule has 0 aliphatic carbocycles. The van der Waals surface area contributed by atoms with Crippen LogP contribution in [0.5, 0.6) is 0 Å². The zero-order valence-electron chi connectivity index (χ0n) is 7.16. The van der Waals surface area contributed by atoms with Gasteiger partial charge in [-0.3, -0.25) is 0 Å². The summed E-state index contributed by atoms with van der Waals surface area (Å²) in [5.74, 6) is -0.205. The van der Waals surface area contributed by atoms with Gasteiger partial charge in [-0.05, 0) is 12.1 Å². The number of halogens is 1. The third-order valence-corrected chi connectivity index (χ3v) is 2.77. The molecule has 1 aliphatic heterocycles. The summed E-state index contributed by atoms with van der Waals surface area (Å²) in [6.45, 7) is 0. The molecule has 2 aromatic rings. The topological polar surface area (TPSA) is 12.4 Å². The number of nitrogens with zero attached hydrogens (tertiary/aromatic N) is 1. The van der Waals surface area contributed by atoms with Gasteiger partial charge >= 0.3 is 0 Å². The first kappa shape index (κ1) is 8.00. The molecule has 0 bridgehead atoms. The normalized spacial score (nSPS) is 13.4. The Morgan fingerprint density at radius 2 is 2.00 bits per heavy atom. The van der Waals surface area contributed by atoms with Crippen LogP contribution in [0, 0.1) is 5.82 Å². The Labute approximate surface area is 85.7 Å². The maximum atomic E-state index is 13.4. The fourth-order valence-corrected chi connectivity index (χ4v) is 2.10. The Morgan fingerprint density at radius 3 is 2.86 bits per heavy atom. The summed E-state index contributed by atoms with van der Waals surface area (Å²) in [7, 11) is 0. The lowest BCUT2D eigenvalue weighted by Gasteiger charge is -2.01. The van der Waals surface area contributed by atoms with Crippen molar-refractivity contribution in [2.75, 3.05) is 0 Å². The average Bonchev–Trinajstić information content (AvgIpc) is 2.52. The summed E-state index contributed by atoms with van der Waals surface area (Å²) in [5.41, 5.74) is 1.72. The van der Waals surface area contributed by atoms with E-state index < -0.39 is 0 Å². The van der Waals surface area contributed by atoms with Gasteiger partial charge < -0.3 is 0 Å². The van der Waals surface area contributed by atoms with Crippen LogP contribution in [0.4, 0.5) is 10.1 Å². The Morgan fingerprint density at radius 1 is 1.14 bits per heavy atom. The molecule has 1 heterocycles. The molecule has 2 aromatic carbocycles. The minimum Gasteiger partial charge on any atom is -0.241 e. The molecule has 1 aliphatic rings. The molecule has 0 spiro atoms. The molecular weight excluding hydrogens is 197 g/mol. The first-order valence-electron chi connectivity index (χ1n) is 4.26. The van der Waals surface area contributed by atoms with Crippen LogP contribution in [0.1, 0.15) is 5.56 Å². The molecule has 68 valence electrons. The fourth-order valence-electron chi connectivity index (χ4n) is 1.81. The molecule has 1 nitrogen and oxygen atoms in total. The lowest BCUT2D eigenvalue weighted by molar-refractivity contribution is 0.640. The Hall–Kier alpha value is -1.35. The standard InChI is InChI=1S/C11H6FNS/c12-8-4-5-9-10-6(8)2-1-3-7(10)11(14)13-9/h1-5H,(H,13,14). The van der Waals surface area contributed by atoms with Crippen molar-refractivity contribution in [3.63, 3.8) is 0 Å². The fraction of sp³-hybridized carbons (Fsp3) is 0. The Bertz CT molecular complexity index is 575. The predicted molar refractivity (Wildman–Crippen MR) is 59.1 cm³/mol. The van der Waals surface area contributed by atoms with Gasteiger partial charge in [0, 0.05) is 16.3 Å². The first-order valence-corrected chi connectivity index (χ1v) is 4.71. The highest BCUT2D eigenvalue weighted by molar-refractivity contribution is 7.97. The minimum atomic E-state index is -0.205.